The van der Waals surface area contributed by atoms with E-state index in [0.717, 1.165) is 79.9 Å². The SMILES string of the molecule is CCCCCCc1ccc2c(OC(C)=O)c3ccccc3c(-c3c4ccccc4c(OC(C)=O)c4ccc(CCCCCC)cc34)c2c1. The molecule has 0 atom stereocenters. The number of hydrogen-bond acceptors (Lipinski definition) is 4. The molecule has 246 valence electrons. The van der Waals surface area contributed by atoms with Gasteiger partial charge < -0.3 is 9.47 Å². The zero-order valence-electron chi connectivity index (χ0n) is 28.8. The molecule has 4 nitrogen and oxygen atoms in total. The highest BCUT2D eigenvalue weighted by Crippen LogP contribution is 2.50. The molecular weight excluding hydrogens is 592 g/mol. The Hall–Kier alpha value is -4.70. The first-order chi connectivity index (χ1) is 23.4. The van der Waals surface area contributed by atoms with Crippen molar-refractivity contribution in [3.8, 4) is 22.6 Å². The van der Waals surface area contributed by atoms with E-state index in [1.54, 1.807) is 0 Å². The molecule has 6 rings (SSSR count). The van der Waals surface area contributed by atoms with Crippen molar-refractivity contribution in [2.24, 2.45) is 0 Å². The van der Waals surface area contributed by atoms with Gasteiger partial charge in [-0.3, -0.25) is 9.59 Å². The number of aryl methyl sites for hydroxylation is 2. The Labute approximate surface area is 284 Å². The summed E-state index contributed by atoms with van der Waals surface area (Å²) in [6.07, 6.45) is 11.5. The van der Waals surface area contributed by atoms with Crippen LogP contribution in [0, 0.1) is 0 Å². The van der Waals surface area contributed by atoms with Crippen LogP contribution in [0.3, 0.4) is 0 Å². The number of hydrogen-bond donors (Lipinski definition) is 0. The fourth-order valence-electron chi connectivity index (χ4n) is 7.24. The van der Waals surface area contributed by atoms with Gasteiger partial charge in [-0.15, -0.1) is 0 Å². The molecule has 4 heteroatoms. The van der Waals surface area contributed by atoms with E-state index in [9.17, 15) is 9.59 Å². The van der Waals surface area contributed by atoms with Crippen molar-refractivity contribution in [3.05, 3.63) is 96.1 Å². The van der Waals surface area contributed by atoms with E-state index in [0.29, 0.717) is 11.5 Å². The first-order valence-corrected chi connectivity index (χ1v) is 17.7. The molecule has 0 bridgehead atoms. The predicted octanol–water partition coefficient (Wildman–Crippen LogP) is 12.1. The van der Waals surface area contributed by atoms with Crippen LogP contribution in [0.5, 0.6) is 11.5 Å². The number of unbranched alkanes of at least 4 members (excludes halogenated alkanes) is 6. The summed E-state index contributed by atoms with van der Waals surface area (Å²) >= 11 is 0. The molecule has 0 aliphatic carbocycles. The number of fused-ring (bicyclic) bond motifs is 4. The van der Waals surface area contributed by atoms with E-state index in [4.69, 9.17) is 9.47 Å². The maximum absolute atomic E-state index is 12.5. The molecule has 0 aliphatic rings. The largest absolute Gasteiger partial charge is 0.425 e. The number of ether oxygens (including phenoxy) is 2. The van der Waals surface area contributed by atoms with Crippen LogP contribution in [0.2, 0.25) is 0 Å². The lowest BCUT2D eigenvalue weighted by molar-refractivity contribution is -0.132. The molecule has 0 saturated heterocycles. The predicted molar refractivity (Wildman–Crippen MR) is 200 cm³/mol. The van der Waals surface area contributed by atoms with E-state index in [-0.39, 0.29) is 11.9 Å². The summed E-state index contributed by atoms with van der Waals surface area (Å²) in [5.74, 6) is 0.506. The molecule has 0 aromatic heterocycles. The molecule has 6 aromatic rings. The third-order valence-electron chi connectivity index (χ3n) is 9.46. The molecule has 0 fully saturated rings. The summed E-state index contributed by atoms with van der Waals surface area (Å²) in [6.45, 7) is 7.41. The van der Waals surface area contributed by atoms with E-state index in [1.165, 1.54) is 63.5 Å². The van der Waals surface area contributed by atoms with Crippen LogP contribution in [0.4, 0.5) is 0 Å². The van der Waals surface area contributed by atoms with Crippen LogP contribution >= 0.6 is 0 Å². The van der Waals surface area contributed by atoms with Crippen LogP contribution < -0.4 is 9.47 Å². The summed E-state index contributed by atoms with van der Waals surface area (Å²) in [5.41, 5.74) is 4.74. The molecular formula is C44H46O4. The Balaban J connectivity index is 1.74. The van der Waals surface area contributed by atoms with Crippen molar-refractivity contribution >= 4 is 55.0 Å². The molecule has 0 N–H and O–H groups in total. The molecule has 0 heterocycles. The van der Waals surface area contributed by atoms with Crippen LogP contribution in [0.25, 0.3) is 54.2 Å². The Morgan fingerprint density at radius 1 is 0.458 bits per heavy atom. The lowest BCUT2D eigenvalue weighted by atomic mass is 9.84. The van der Waals surface area contributed by atoms with Crippen molar-refractivity contribution in [1.29, 1.82) is 0 Å². The second kappa shape index (κ2) is 15.0. The highest BCUT2D eigenvalue weighted by Gasteiger charge is 2.24. The van der Waals surface area contributed by atoms with E-state index in [1.807, 2.05) is 24.3 Å². The van der Waals surface area contributed by atoms with Crippen molar-refractivity contribution in [1.82, 2.24) is 0 Å². The van der Waals surface area contributed by atoms with Gasteiger partial charge in [0.15, 0.2) is 0 Å². The summed E-state index contributed by atoms with van der Waals surface area (Å²) in [6, 6.07) is 29.8. The van der Waals surface area contributed by atoms with Gasteiger partial charge in [0, 0.05) is 35.4 Å². The van der Waals surface area contributed by atoms with Gasteiger partial charge in [-0.25, -0.2) is 0 Å². The molecule has 6 aromatic carbocycles. The lowest BCUT2D eigenvalue weighted by Gasteiger charge is -2.22. The van der Waals surface area contributed by atoms with E-state index < -0.39 is 0 Å². The molecule has 0 saturated carbocycles. The fraction of sp³-hybridized carbons (Fsp3) is 0.318. The Bertz CT molecular complexity index is 1970. The van der Waals surface area contributed by atoms with Crippen LogP contribution in [-0.2, 0) is 22.4 Å². The second-order valence-electron chi connectivity index (χ2n) is 13.1. The van der Waals surface area contributed by atoms with Crippen LogP contribution in [0.15, 0.2) is 84.9 Å². The van der Waals surface area contributed by atoms with Crippen LogP contribution in [0.1, 0.15) is 90.2 Å². The van der Waals surface area contributed by atoms with Gasteiger partial charge in [-0.1, -0.05) is 137 Å². The van der Waals surface area contributed by atoms with Gasteiger partial charge in [-0.05, 0) is 69.5 Å². The molecule has 0 spiro atoms. The minimum absolute atomic E-state index is 0.341. The van der Waals surface area contributed by atoms with Gasteiger partial charge >= 0.3 is 11.9 Å². The third-order valence-corrected chi connectivity index (χ3v) is 9.46. The monoisotopic (exact) mass is 638 g/mol. The average molecular weight is 639 g/mol. The fourth-order valence-corrected chi connectivity index (χ4v) is 7.24. The van der Waals surface area contributed by atoms with Crippen molar-refractivity contribution < 1.29 is 19.1 Å². The van der Waals surface area contributed by atoms with Crippen molar-refractivity contribution in [2.45, 2.75) is 91.9 Å². The Morgan fingerprint density at radius 2 is 0.833 bits per heavy atom. The maximum Gasteiger partial charge on any atom is 0.308 e. The topological polar surface area (TPSA) is 52.6 Å². The van der Waals surface area contributed by atoms with Gasteiger partial charge in [0.05, 0.1) is 0 Å². The van der Waals surface area contributed by atoms with Gasteiger partial charge in [0.1, 0.15) is 11.5 Å². The Kier molecular flexibility index (Phi) is 10.4. The summed E-state index contributed by atoms with van der Waals surface area (Å²) in [5, 5.41) is 7.75. The van der Waals surface area contributed by atoms with Gasteiger partial charge in [-0.2, -0.15) is 0 Å². The van der Waals surface area contributed by atoms with Crippen molar-refractivity contribution in [3.63, 3.8) is 0 Å². The minimum atomic E-state index is -0.341. The highest BCUT2D eigenvalue weighted by molar-refractivity contribution is 6.27. The van der Waals surface area contributed by atoms with Crippen LogP contribution in [-0.4, -0.2) is 11.9 Å². The molecule has 0 aliphatic heterocycles. The third kappa shape index (κ3) is 6.80. The van der Waals surface area contributed by atoms with Gasteiger partial charge in [0.25, 0.3) is 0 Å². The quantitative estimate of drug-likeness (QED) is 0.0547. The number of carbonyl (C=O) groups excluding carboxylic acids is 2. The number of carbonyl (C=O) groups is 2. The number of benzene rings is 6. The highest BCUT2D eigenvalue weighted by atomic mass is 16.5. The van der Waals surface area contributed by atoms with E-state index in [2.05, 4.69) is 74.5 Å². The molecule has 0 unspecified atom stereocenters. The van der Waals surface area contributed by atoms with Gasteiger partial charge in [0.2, 0.25) is 0 Å². The standard InChI is InChI=1S/C44H46O4/c1-5-7-9-11-17-31-23-25-37-39(27-31)41(33-19-13-15-21-35(33)43(37)47-29(3)45)42-34-20-14-16-22-36(34)44(48-30(4)46)38-26-24-32(28-40(38)42)18-12-10-8-6-2/h13-16,19-28H,5-12,17-18H2,1-4H3. The summed E-state index contributed by atoms with van der Waals surface area (Å²) in [7, 11) is 0. The zero-order valence-corrected chi connectivity index (χ0v) is 28.8. The first-order valence-electron chi connectivity index (χ1n) is 17.7. The maximum atomic E-state index is 12.5. The van der Waals surface area contributed by atoms with Crippen molar-refractivity contribution in [2.75, 3.05) is 0 Å². The Morgan fingerprint density at radius 3 is 1.21 bits per heavy atom. The summed E-state index contributed by atoms with van der Waals surface area (Å²) < 4.78 is 12.0. The molecule has 48 heavy (non-hydrogen) atoms. The average Bonchev–Trinajstić information content (AvgIpc) is 3.09. The number of esters is 2. The number of rotatable bonds is 13. The van der Waals surface area contributed by atoms with E-state index >= 15 is 0 Å². The molecule has 0 radical (unpaired) electrons. The minimum Gasteiger partial charge on any atom is -0.425 e. The zero-order chi connectivity index (χ0) is 33.6. The summed E-state index contributed by atoms with van der Waals surface area (Å²) in [4.78, 5) is 25.0. The first kappa shape index (κ1) is 33.2. The molecule has 0 amide bonds. The normalized spacial score (nSPS) is 11.5. The lowest BCUT2D eigenvalue weighted by Crippen LogP contribution is -2.05. The second-order valence-corrected chi connectivity index (χ2v) is 13.1. The smallest absolute Gasteiger partial charge is 0.308 e.